The summed E-state index contributed by atoms with van der Waals surface area (Å²) >= 11 is 5.88. The number of rotatable bonds is 4. The van der Waals surface area contributed by atoms with Gasteiger partial charge in [0.2, 0.25) is 0 Å². The lowest BCUT2D eigenvalue weighted by atomic mass is 10.1. The fraction of sp³-hybridized carbons (Fsp3) is 0.111. The van der Waals surface area contributed by atoms with Gasteiger partial charge < -0.3 is 5.32 Å². The van der Waals surface area contributed by atoms with Crippen LogP contribution in [0, 0.1) is 5.82 Å². The topological polar surface area (TPSA) is 37.8 Å². The molecule has 0 amide bonds. The summed E-state index contributed by atoms with van der Waals surface area (Å²) in [6.45, 7) is 0.145. The van der Waals surface area contributed by atoms with Crippen LogP contribution in [-0.2, 0) is 12.7 Å². The number of hydrogen-bond acceptors (Lipinski definition) is 3. The molecular formula is C18H12ClF4N3. The quantitative estimate of drug-likeness (QED) is 0.600. The van der Waals surface area contributed by atoms with Crippen LogP contribution in [0.2, 0.25) is 5.02 Å². The van der Waals surface area contributed by atoms with Crippen molar-refractivity contribution in [2.24, 2.45) is 0 Å². The number of aromatic nitrogens is 2. The Hall–Kier alpha value is -2.67. The van der Waals surface area contributed by atoms with Crippen LogP contribution < -0.4 is 5.32 Å². The standard InChI is InChI=1S/C18H12ClF4N3/c19-13-3-1-2-11(6-13)8-25-16-5-4-15(26-17(16)18(21,22)23)12-7-14(20)10-24-9-12/h1-7,9-10,25H,8H2. The lowest BCUT2D eigenvalue weighted by Gasteiger charge is -2.15. The maximum absolute atomic E-state index is 13.4. The third-order valence-corrected chi connectivity index (χ3v) is 3.77. The Morgan fingerprint density at radius 2 is 1.85 bits per heavy atom. The molecule has 0 aliphatic carbocycles. The normalized spacial score (nSPS) is 11.4. The van der Waals surface area contributed by atoms with Crippen LogP contribution in [0.25, 0.3) is 11.3 Å². The summed E-state index contributed by atoms with van der Waals surface area (Å²) in [4.78, 5) is 7.30. The van der Waals surface area contributed by atoms with Crippen molar-refractivity contribution in [2.75, 3.05) is 5.32 Å². The van der Waals surface area contributed by atoms with Crippen LogP contribution in [0.5, 0.6) is 0 Å². The molecule has 0 atom stereocenters. The van der Waals surface area contributed by atoms with Crippen molar-refractivity contribution < 1.29 is 17.6 Å². The average molecular weight is 382 g/mol. The zero-order chi connectivity index (χ0) is 18.7. The van der Waals surface area contributed by atoms with Crippen molar-refractivity contribution in [3.63, 3.8) is 0 Å². The summed E-state index contributed by atoms with van der Waals surface area (Å²) in [7, 11) is 0. The Morgan fingerprint density at radius 1 is 1.04 bits per heavy atom. The Balaban J connectivity index is 1.92. The molecule has 0 saturated heterocycles. The number of halogens is 5. The van der Waals surface area contributed by atoms with Gasteiger partial charge in [0, 0.05) is 23.3 Å². The maximum Gasteiger partial charge on any atom is 0.435 e. The number of hydrogen-bond donors (Lipinski definition) is 1. The highest BCUT2D eigenvalue weighted by molar-refractivity contribution is 6.30. The summed E-state index contributed by atoms with van der Waals surface area (Å²) in [6.07, 6.45) is -2.45. The minimum Gasteiger partial charge on any atom is -0.379 e. The van der Waals surface area contributed by atoms with Gasteiger partial charge in [-0.25, -0.2) is 9.37 Å². The first-order valence-corrected chi connectivity index (χ1v) is 7.88. The van der Waals surface area contributed by atoms with Gasteiger partial charge in [-0.05, 0) is 35.9 Å². The summed E-state index contributed by atoms with van der Waals surface area (Å²) in [5.74, 6) is -0.652. The Bertz CT molecular complexity index is 928. The fourth-order valence-electron chi connectivity index (χ4n) is 2.37. The minimum atomic E-state index is -4.67. The van der Waals surface area contributed by atoms with Crippen LogP contribution in [0.3, 0.4) is 0 Å². The van der Waals surface area contributed by atoms with E-state index in [2.05, 4.69) is 15.3 Å². The van der Waals surface area contributed by atoms with E-state index in [1.54, 1.807) is 24.3 Å². The van der Waals surface area contributed by atoms with E-state index in [-0.39, 0.29) is 23.5 Å². The molecule has 0 aliphatic heterocycles. The fourth-order valence-corrected chi connectivity index (χ4v) is 2.59. The SMILES string of the molecule is Fc1cncc(-c2ccc(NCc3cccc(Cl)c3)c(C(F)(F)F)n2)c1. The third-order valence-electron chi connectivity index (χ3n) is 3.54. The molecule has 2 heterocycles. The molecule has 3 rings (SSSR count). The van der Waals surface area contributed by atoms with E-state index < -0.39 is 17.7 Å². The van der Waals surface area contributed by atoms with E-state index in [4.69, 9.17) is 11.6 Å². The second-order valence-corrected chi connectivity index (χ2v) is 5.90. The molecule has 0 aliphatic rings. The van der Waals surface area contributed by atoms with Crippen LogP contribution in [-0.4, -0.2) is 9.97 Å². The molecule has 2 aromatic heterocycles. The van der Waals surface area contributed by atoms with Gasteiger partial charge in [0.25, 0.3) is 0 Å². The monoisotopic (exact) mass is 381 g/mol. The number of nitrogens with zero attached hydrogens (tertiary/aromatic N) is 2. The first-order chi connectivity index (χ1) is 12.3. The molecule has 26 heavy (non-hydrogen) atoms. The van der Waals surface area contributed by atoms with Gasteiger partial charge in [-0.1, -0.05) is 23.7 Å². The number of pyridine rings is 2. The van der Waals surface area contributed by atoms with E-state index in [0.717, 1.165) is 17.8 Å². The van der Waals surface area contributed by atoms with Crippen LogP contribution in [0.4, 0.5) is 23.2 Å². The molecule has 3 aromatic rings. The first kappa shape index (κ1) is 18.1. The molecule has 134 valence electrons. The number of benzene rings is 1. The smallest absolute Gasteiger partial charge is 0.379 e. The zero-order valence-electron chi connectivity index (χ0n) is 13.2. The van der Waals surface area contributed by atoms with E-state index in [1.807, 2.05) is 0 Å². The zero-order valence-corrected chi connectivity index (χ0v) is 13.9. The molecular weight excluding hydrogens is 370 g/mol. The van der Waals surface area contributed by atoms with Gasteiger partial charge in [0.15, 0.2) is 5.69 Å². The Morgan fingerprint density at radius 3 is 2.54 bits per heavy atom. The van der Waals surface area contributed by atoms with Crippen molar-refractivity contribution in [3.05, 3.63) is 77.0 Å². The predicted octanol–water partition coefficient (Wildman–Crippen LogP) is 5.57. The summed E-state index contributed by atoms with van der Waals surface area (Å²) in [5, 5.41) is 3.22. The van der Waals surface area contributed by atoms with Gasteiger partial charge >= 0.3 is 6.18 Å². The van der Waals surface area contributed by atoms with E-state index in [0.29, 0.717) is 5.02 Å². The highest BCUT2D eigenvalue weighted by atomic mass is 35.5. The molecule has 8 heteroatoms. The van der Waals surface area contributed by atoms with Crippen molar-refractivity contribution in [1.29, 1.82) is 0 Å². The molecule has 0 spiro atoms. The Labute approximate surface area is 151 Å². The largest absolute Gasteiger partial charge is 0.435 e. The molecule has 0 fully saturated rings. The van der Waals surface area contributed by atoms with Gasteiger partial charge in [-0.2, -0.15) is 13.2 Å². The molecule has 0 radical (unpaired) electrons. The second-order valence-electron chi connectivity index (χ2n) is 5.47. The van der Waals surface area contributed by atoms with E-state index in [9.17, 15) is 17.6 Å². The van der Waals surface area contributed by atoms with E-state index in [1.165, 1.54) is 18.3 Å². The third kappa shape index (κ3) is 4.29. The average Bonchev–Trinajstić information content (AvgIpc) is 2.59. The van der Waals surface area contributed by atoms with Gasteiger partial charge in [-0.15, -0.1) is 0 Å². The van der Waals surface area contributed by atoms with Gasteiger partial charge in [0.1, 0.15) is 5.82 Å². The lowest BCUT2D eigenvalue weighted by Crippen LogP contribution is -2.13. The number of nitrogens with one attached hydrogen (secondary N) is 1. The molecule has 1 aromatic carbocycles. The molecule has 0 unspecified atom stereocenters. The molecule has 3 nitrogen and oxygen atoms in total. The Kier molecular flexibility index (Phi) is 5.08. The van der Waals surface area contributed by atoms with Crippen molar-refractivity contribution >= 4 is 17.3 Å². The first-order valence-electron chi connectivity index (χ1n) is 7.50. The molecule has 1 N–H and O–H groups in total. The number of anilines is 1. The van der Waals surface area contributed by atoms with Crippen LogP contribution in [0.1, 0.15) is 11.3 Å². The summed E-state index contributed by atoms with van der Waals surface area (Å²) in [5.41, 5.74) is -0.384. The highest BCUT2D eigenvalue weighted by Crippen LogP contribution is 2.35. The second kappa shape index (κ2) is 7.29. The van der Waals surface area contributed by atoms with Crippen LogP contribution in [0.15, 0.2) is 54.9 Å². The lowest BCUT2D eigenvalue weighted by molar-refractivity contribution is -0.140. The maximum atomic E-state index is 13.4. The minimum absolute atomic E-state index is 0.0161. The molecule has 0 saturated carbocycles. The summed E-state index contributed by atoms with van der Waals surface area (Å²) in [6, 6.07) is 10.5. The molecule has 0 bridgehead atoms. The number of alkyl halides is 3. The van der Waals surface area contributed by atoms with E-state index >= 15 is 0 Å². The van der Waals surface area contributed by atoms with Crippen molar-refractivity contribution in [1.82, 2.24) is 9.97 Å². The predicted molar refractivity (Wildman–Crippen MR) is 91.2 cm³/mol. The van der Waals surface area contributed by atoms with Gasteiger partial charge in [-0.3, -0.25) is 4.98 Å². The van der Waals surface area contributed by atoms with Crippen molar-refractivity contribution in [3.8, 4) is 11.3 Å². The van der Waals surface area contributed by atoms with Gasteiger partial charge in [0.05, 0.1) is 17.6 Å². The van der Waals surface area contributed by atoms with Crippen molar-refractivity contribution in [2.45, 2.75) is 12.7 Å². The highest BCUT2D eigenvalue weighted by Gasteiger charge is 2.36. The van der Waals surface area contributed by atoms with Crippen LogP contribution >= 0.6 is 11.6 Å². The summed E-state index contributed by atoms with van der Waals surface area (Å²) < 4.78 is 53.5.